The normalized spacial score (nSPS) is 9.86. The molecule has 0 atom stereocenters. The van der Waals surface area contributed by atoms with Gasteiger partial charge in [0.05, 0.1) is 13.2 Å². The van der Waals surface area contributed by atoms with E-state index in [1.807, 2.05) is 6.92 Å². The molecule has 5 heteroatoms. The van der Waals surface area contributed by atoms with Crippen molar-refractivity contribution in [2.24, 2.45) is 5.73 Å². The molecule has 0 bridgehead atoms. The fourth-order valence-corrected chi connectivity index (χ4v) is 1.02. The van der Waals surface area contributed by atoms with Crippen LogP contribution in [0.1, 0.15) is 20.3 Å². The molecule has 0 heterocycles. The number of hydrogen-bond acceptors (Lipinski definition) is 3. The largest absolute Gasteiger partial charge is 0.380 e. The number of carbonyl (C=O) groups excluding carboxylic acids is 2. The standard InChI is InChI=1S/C9H18N2O3/c1-3-9(13)11(7-8(10)12)5-6-14-4-2/h3-7H2,1-2H3,(H2,10,12). The van der Waals surface area contributed by atoms with E-state index in [2.05, 4.69) is 0 Å². The summed E-state index contributed by atoms with van der Waals surface area (Å²) in [5.41, 5.74) is 5.02. The van der Waals surface area contributed by atoms with Gasteiger partial charge in [-0.15, -0.1) is 0 Å². The molecule has 0 aromatic carbocycles. The zero-order valence-electron chi connectivity index (χ0n) is 8.78. The molecule has 0 saturated heterocycles. The smallest absolute Gasteiger partial charge is 0.237 e. The van der Waals surface area contributed by atoms with Crippen molar-refractivity contribution in [3.05, 3.63) is 0 Å². The van der Waals surface area contributed by atoms with Crippen molar-refractivity contribution in [2.75, 3.05) is 26.3 Å². The lowest BCUT2D eigenvalue weighted by molar-refractivity contribution is -0.135. The molecule has 0 aliphatic heterocycles. The van der Waals surface area contributed by atoms with Crippen LogP contribution in [0, 0.1) is 0 Å². The average Bonchev–Trinajstić information content (AvgIpc) is 2.15. The molecule has 0 fully saturated rings. The predicted molar refractivity (Wildman–Crippen MR) is 52.6 cm³/mol. The van der Waals surface area contributed by atoms with Crippen LogP contribution in [0.15, 0.2) is 0 Å². The number of ether oxygens (including phenoxy) is 1. The zero-order valence-corrected chi connectivity index (χ0v) is 8.78. The number of primary amides is 1. The van der Waals surface area contributed by atoms with E-state index >= 15 is 0 Å². The summed E-state index contributed by atoms with van der Waals surface area (Å²) < 4.78 is 5.09. The van der Waals surface area contributed by atoms with Gasteiger partial charge in [0.15, 0.2) is 0 Å². The molecule has 0 radical (unpaired) electrons. The van der Waals surface area contributed by atoms with Gasteiger partial charge >= 0.3 is 0 Å². The maximum absolute atomic E-state index is 11.3. The maximum Gasteiger partial charge on any atom is 0.237 e. The fourth-order valence-electron chi connectivity index (χ4n) is 1.02. The highest BCUT2D eigenvalue weighted by molar-refractivity contribution is 5.83. The van der Waals surface area contributed by atoms with Crippen molar-refractivity contribution in [3.63, 3.8) is 0 Å². The maximum atomic E-state index is 11.3. The van der Waals surface area contributed by atoms with Gasteiger partial charge in [-0.1, -0.05) is 6.92 Å². The molecule has 14 heavy (non-hydrogen) atoms. The summed E-state index contributed by atoms with van der Waals surface area (Å²) in [7, 11) is 0. The highest BCUT2D eigenvalue weighted by atomic mass is 16.5. The number of hydrogen-bond donors (Lipinski definition) is 1. The van der Waals surface area contributed by atoms with Crippen molar-refractivity contribution < 1.29 is 14.3 Å². The van der Waals surface area contributed by atoms with Crippen molar-refractivity contribution in [1.29, 1.82) is 0 Å². The zero-order chi connectivity index (χ0) is 11.0. The van der Waals surface area contributed by atoms with E-state index in [1.165, 1.54) is 4.90 Å². The fraction of sp³-hybridized carbons (Fsp3) is 0.778. The Kier molecular flexibility index (Phi) is 6.74. The minimum Gasteiger partial charge on any atom is -0.380 e. The molecular formula is C9H18N2O3. The minimum absolute atomic E-state index is 0.0280. The Balaban J connectivity index is 3.97. The first-order chi connectivity index (χ1) is 6.61. The molecule has 0 spiro atoms. The second-order valence-corrected chi connectivity index (χ2v) is 2.83. The van der Waals surface area contributed by atoms with Gasteiger partial charge < -0.3 is 15.4 Å². The summed E-state index contributed by atoms with van der Waals surface area (Å²) in [6.45, 7) is 5.06. The van der Waals surface area contributed by atoms with Crippen molar-refractivity contribution in [1.82, 2.24) is 4.90 Å². The number of amides is 2. The van der Waals surface area contributed by atoms with Gasteiger partial charge in [0, 0.05) is 19.6 Å². The number of nitrogens with two attached hydrogens (primary N) is 1. The number of carbonyl (C=O) groups is 2. The quantitative estimate of drug-likeness (QED) is 0.578. The summed E-state index contributed by atoms with van der Waals surface area (Å²) >= 11 is 0. The van der Waals surface area contributed by atoms with Crippen molar-refractivity contribution >= 4 is 11.8 Å². The SMILES string of the molecule is CCOCCN(CC(N)=O)C(=O)CC. The Hall–Kier alpha value is -1.10. The lowest BCUT2D eigenvalue weighted by Gasteiger charge is -2.20. The molecule has 2 N–H and O–H groups in total. The van der Waals surface area contributed by atoms with Gasteiger partial charge in [0.2, 0.25) is 11.8 Å². The van der Waals surface area contributed by atoms with Crippen LogP contribution in [-0.2, 0) is 14.3 Å². The molecule has 0 rings (SSSR count). The third-order valence-electron chi connectivity index (χ3n) is 1.71. The predicted octanol–water partition coefficient (Wildman–Crippen LogP) is -0.253. The first kappa shape index (κ1) is 12.9. The molecule has 0 aromatic rings. The van der Waals surface area contributed by atoms with Gasteiger partial charge in [0.1, 0.15) is 0 Å². The number of nitrogens with zero attached hydrogens (tertiary/aromatic N) is 1. The molecule has 0 aromatic heterocycles. The Bertz CT molecular complexity index is 194. The molecule has 0 aliphatic carbocycles. The van der Waals surface area contributed by atoms with Crippen LogP contribution in [0.2, 0.25) is 0 Å². The van der Waals surface area contributed by atoms with E-state index in [0.717, 1.165) is 0 Å². The van der Waals surface area contributed by atoms with Crippen LogP contribution in [-0.4, -0.2) is 43.0 Å². The highest BCUT2D eigenvalue weighted by Crippen LogP contribution is 1.93. The van der Waals surface area contributed by atoms with E-state index in [0.29, 0.717) is 26.2 Å². The monoisotopic (exact) mass is 202 g/mol. The van der Waals surface area contributed by atoms with Crippen molar-refractivity contribution in [3.8, 4) is 0 Å². The minimum atomic E-state index is -0.497. The van der Waals surface area contributed by atoms with E-state index in [4.69, 9.17) is 10.5 Å². The Morgan fingerprint density at radius 1 is 1.36 bits per heavy atom. The molecular weight excluding hydrogens is 184 g/mol. The Labute approximate surface area is 84.2 Å². The first-order valence-corrected chi connectivity index (χ1v) is 4.75. The molecule has 82 valence electrons. The average molecular weight is 202 g/mol. The third kappa shape index (κ3) is 5.53. The summed E-state index contributed by atoms with van der Waals surface area (Å²) in [6, 6.07) is 0. The molecule has 2 amide bonds. The summed E-state index contributed by atoms with van der Waals surface area (Å²) in [4.78, 5) is 23.4. The van der Waals surface area contributed by atoms with Crippen LogP contribution < -0.4 is 5.73 Å². The molecule has 0 aliphatic rings. The molecule has 0 unspecified atom stereocenters. The van der Waals surface area contributed by atoms with E-state index in [1.54, 1.807) is 6.92 Å². The second kappa shape index (κ2) is 7.32. The summed E-state index contributed by atoms with van der Waals surface area (Å²) in [5, 5.41) is 0. The first-order valence-electron chi connectivity index (χ1n) is 4.75. The third-order valence-corrected chi connectivity index (χ3v) is 1.71. The van der Waals surface area contributed by atoms with Gasteiger partial charge in [-0.25, -0.2) is 0 Å². The lowest BCUT2D eigenvalue weighted by atomic mass is 10.3. The van der Waals surface area contributed by atoms with Crippen LogP contribution in [0.4, 0.5) is 0 Å². The Morgan fingerprint density at radius 3 is 2.43 bits per heavy atom. The van der Waals surface area contributed by atoms with Gasteiger partial charge in [0.25, 0.3) is 0 Å². The topological polar surface area (TPSA) is 72.6 Å². The van der Waals surface area contributed by atoms with Crippen LogP contribution >= 0.6 is 0 Å². The van der Waals surface area contributed by atoms with E-state index in [-0.39, 0.29) is 12.5 Å². The highest BCUT2D eigenvalue weighted by Gasteiger charge is 2.12. The van der Waals surface area contributed by atoms with Crippen LogP contribution in [0.3, 0.4) is 0 Å². The van der Waals surface area contributed by atoms with E-state index < -0.39 is 5.91 Å². The van der Waals surface area contributed by atoms with Crippen LogP contribution in [0.25, 0.3) is 0 Å². The second-order valence-electron chi connectivity index (χ2n) is 2.83. The summed E-state index contributed by atoms with van der Waals surface area (Å²) in [6.07, 6.45) is 0.374. The van der Waals surface area contributed by atoms with Crippen LogP contribution in [0.5, 0.6) is 0 Å². The van der Waals surface area contributed by atoms with Crippen molar-refractivity contribution in [2.45, 2.75) is 20.3 Å². The molecule has 0 saturated carbocycles. The van der Waals surface area contributed by atoms with Gasteiger partial charge in [-0.05, 0) is 6.92 Å². The number of rotatable bonds is 7. The Morgan fingerprint density at radius 2 is 2.00 bits per heavy atom. The van der Waals surface area contributed by atoms with Gasteiger partial charge in [-0.3, -0.25) is 9.59 Å². The van der Waals surface area contributed by atoms with E-state index in [9.17, 15) is 9.59 Å². The van der Waals surface area contributed by atoms with Gasteiger partial charge in [-0.2, -0.15) is 0 Å². The molecule has 5 nitrogen and oxygen atoms in total. The lowest BCUT2D eigenvalue weighted by Crippen LogP contribution is -2.40. The summed E-state index contributed by atoms with van der Waals surface area (Å²) in [5.74, 6) is -0.577.